The highest BCUT2D eigenvalue weighted by Gasteiger charge is 2.21. The minimum atomic E-state index is 0.414. The maximum atomic E-state index is 3.56. The number of hydrogen-bond donors (Lipinski definition) is 1. The molecule has 1 aliphatic rings. The number of hydrogen-bond acceptors (Lipinski definition) is 3. The summed E-state index contributed by atoms with van der Waals surface area (Å²) >= 11 is 5.38. The molecule has 0 radical (unpaired) electrons. The summed E-state index contributed by atoms with van der Waals surface area (Å²) in [4.78, 5) is 3.91. The van der Waals surface area contributed by atoms with Crippen molar-refractivity contribution in [2.45, 2.75) is 19.5 Å². The molecule has 0 spiro atoms. The summed E-state index contributed by atoms with van der Waals surface area (Å²) in [5.74, 6) is 0. The Morgan fingerprint density at radius 1 is 1.26 bits per heavy atom. The van der Waals surface area contributed by atoms with Crippen LogP contribution in [0.25, 0.3) is 0 Å². The molecule has 1 N–H and O–H groups in total. The van der Waals surface area contributed by atoms with Crippen LogP contribution in [0.15, 0.2) is 40.2 Å². The zero-order chi connectivity index (χ0) is 13.2. The van der Waals surface area contributed by atoms with E-state index in [4.69, 9.17) is 0 Å². The lowest BCUT2D eigenvalue weighted by Crippen LogP contribution is -2.30. The van der Waals surface area contributed by atoms with Crippen molar-refractivity contribution in [2.24, 2.45) is 0 Å². The first-order valence-corrected chi connectivity index (χ1v) is 8.17. The van der Waals surface area contributed by atoms with Gasteiger partial charge in [-0.15, -0.1) is 11.3 Å². The van der Waals surface area contributed by atoms with Crippen molar-refractivity contribution >= 4 is 33.0 Å². The van der Waals surface area contributed by atoms with Crippen LogP contribution in [0.1, 0.15) is 23.4 Å². The van der Waals surface area contributed by atoms with Crippen LogP contribution in [0.5, 0.6) is 0 Å². The van der Waals surface area contributed by atoms with E-state index in [1.807, 2.05) is 11.3 Å². The molecule has 0 aliphatic carbocycles. The van der Waals surface area contributed by atoms with E-state index < -0.39 is 0 Å². The SMILES string of the molecule is CC(c1ccc(Br)s1)N1CCNCc2ccccc21. The first kappa shape index (κ1) is 13.2. The molecule has 0 saturated heterocycles. The summed E-state index contributed by atoms with van der Waals surface area (Å²) in [6.45, 7) is 5.34. The summed E-state index contributed by atoms with van der Waals surface area (Å²) in [6.07, 6.45) is 0. The molecule has 0 bridgehead atoms. The van der Waals surface area contributed by atoms with Gasteiger partial charge in [-0.1, -0.05) is 18.2 Å². The molecule has 1 aromatic heterocycles. The van der Waals surface area contributed by atoms with E-state index in [-0.39, 0.29) is 0 Å². The predicted molar refractivity (Wildman–Crippen MR) is 85.9 cm³/mol. The van der Waals surface area contributed by atoms with E-state index in [0.29, 0.717) is 6.04 Å². The topological polar surface area (TPSA) is 15.3 Å². The highest BCUT2D eigenvalue weighted by Crippen LogP contribution is 2.35. The molecule has 4 heteroatoms. The first-order chi connectivity index (χ1) is 9.25. The molecule has 2 heterocycles. The summed E-state index contributed by atoms with van der Waals surface area (Å²) in [5.41, 5.74) is 2.76. The molecule has 0 fully saturated rings. The minimum absolute atomic E-state index is 0.414. The number of thiophene rings is 1. The third-order valence-electron chi connectivity index (χ3n) is 3.62. The normalized spacial score (nSPS) is 16.8. The van der Waals surface area contributed by atoms with Gasteiger partial charge in [0.15, 0.2) is 0 Å². The second-order valence-electron chi connectivity index (χ2n) is 4.82. The lowest BCUT2D eigenvalue weighted by atomic mass is 10.1. The Morgan fingerprint density at radius 2 is 2.11 bits per heavy atom. The van der Waals surface area contributed by atoms with Crippen molar-refractivity contribution in [1.82, 2.24) is 5.32 Å². The lowest BCUT2D eigenvalue weighted by Gasteiger charge is -2.30. The van der Waals surface area contributed by atoms with Gasteiger partial charge in [0.05, 0.1) is 9.83 Å². The molecule has 1 aromatic carbocycles. The fourth-order valence-corrected chi connectivity index (χ4v) is 4.08. The number of rotatable bonds is 2. The van der Waals surface area contributed by atoms with Gasteiger partial charge in [-0.3, -0.25) is 0 Å². The first-order valence-electron chi connectivity index (χ1n) is 6.56. The molecule has 1 aliphatic heterocycles. The van der Waals surface area contributed by atoms with E-state index in [2.05, 4.69) is 69.5 Å². The van der Waals surface area contributed by atoms with E-state index in [9.17, 15) is 0 Å². The van der Waals surface area contributed by atoms with Crippen molar-refractivity contribution in [1.29, 1.82) is 0 Å². The predicted octanol–water partition coefficient (Wildman–Crippen LogP) is 4.18. The molecule has 2 nitrogen and oxygen atoms in total. The highest BCUT2D eigenvalue weighted by molar-refractivity contribution is 9.11. The van der Waals surface area contributed by atoms with Crippen LogP contribution in [-0.4, -0.2) is 13.1 Å². The van der Waals surface area contributed by atoms with Crippen LogP contribution >= 0.6 is 27.3 Å². The number of fused-ring (bicyclic) bond motifs is 1. The summed E-state index contributed by atoms with van der Waals surface area (Å²) in [5, 5.41) is 3.50. The van der Waals surface area contributed by atoms with Gasteiger partial charge in [-0.05, 0) is 46.6 Å². The van der Waals surface area contributed by atoms with Crippen molar-refractivity contribution in [3.8, 4) is 0 Å². The van der Waals surface area contributed by atoms with Gasteiger partial charge in [0.25, 0.3) is 0 Å². The number of nitrogens with one attached hydrogen (secondary N) is 1. The molecular weight excluding hydrogens is 320 g/mol. The van der Waals surface area contributed by atoms with Gasteiger partial charge in [-0.2, -0.15) is 0 Å². The second kappa shape index (κ2) is 5.65. The third-order valence-corrected chi connectivity index (χ3v) is 5.41. The van der Waals surface area contributed by atoms with Gasteiger partial charge in [-0.25, -0.2) is 0 Å². The Kier molecular flexibility index (Phi) is 3.91. The van der Waals surface area contributed by atoms with Crippen LogP contribution in [0, 0.1) is 0 Å². The second-order valence-corrected chi connectivity index (χ2v) is 7.31. The highest BCUT2D eigenvalue weighted by atomic mass is 79.9. The van der Waals surface area contributed by atoms with Gasteiger partial charge in [0.2, 0.25) is 0 Å². The van der Waals surface area contributed by atoms with Gasteiger partial charge in [0, 0.05) is 30.2 Å². The molecule has 3 rings (SSSR count). The molecule has 0 amide bonds. The van der Waals surface area contributed by atoms with Crippen LogP contribution in [0.4, 0.5) is 5.69 Å². The molecule has 2 aromatic rings. The Bertz CT molecular complexity index is 567. The van der Waals surface area contributed by atoms with Crippen molar-refractivity contribution in [3.63, 3.8) is 0 Å². The fourth-order valence-electron chi connectivity index (χ4n) is 2.59. The van der Waals surface area contributed by atoms with Crippen molar-refractivity contribution < 1.29 is 0 Å². The van der Waals surface area contributed by atoms with E-state index in [1.165, 1.54) is 19.9 Å². The average Bonchev–Trinajstić information content (AvgIpc) is 2.74. The maximum absolute atomic E-state index is 3.56. The third kappa shape index (κ3) is 2.71. The molecule has 100 valence electrons. The molecule has 1 unspecified atom stereocenters. The fraction of sp³-hybridized carbons (Fsp3) is 0.333. The van der Waals surface area contributed by atoms with Crippen LogP contribution in [0.3, 0.4) is 0 Å². The Balaban J connectivity index is 1.95. The average molecular weight is 337 g/mol. The zero-order valence-electron chi connectivity index (χ0n) is 10.9. The van der Waals surface area contributed by atoms with Gasteiger partial charge in [0.1, 0.15) is 0 Å². The van der Waals surface area contributed by atoms with Crippen LogP contribution < -0.4 is 10.2 Å². The maximum Gasteiger partial charge on any atom is 0.0702 e. The molecule has 1 atom stereocenters. The Morgan fingerprint density at radius 3 is 2.89 bits per heavy atom. The van der Waals surface area contributed by atoms with Crippen molar-refractivity contribution in [2.75, 3.05) is 18.0 Å². The quantitative estimate of drug-likeness (QED) is 0.884. The Labute approximate surface area is 126 Å². The molecular formula is C15H17BrN2S. The van der Waals surface area contributed by atoms with Crippen LogP contribution in [0.2, 0.25) is 0 Å². The molecule has 0 saturated carbocycles. The smallest absolute Gasteiger partial charge is 0.0702 e. The summed E-state index contributed by atoms with van der Waals surface area (Å²) in [7, 11) is 0. The largest absolute Gasteiger partial charge is 0.362 e. The number of benzene rings is 1. The van der Waals surface area contributed by atoms with E-state index in [1.54, 1.807) is 0 Å². The number of halogens is 1. The molecule has 19 heavy (non-hydrogen) atoms. The number of nitrogens with zero attached hydrogens (tertiary/aromatic N) is 1. The number of anilines is 1. The lowest BCUT2D eigenvalue weighted by molar-refractivity contribution is 0.644. The zero-order valence-corrected chi connectivity index (χ0v) is 13.3. The summed E-state index contributed by atoms with van der Waals surface area (Å²) in [6, 6.07) is 13.5. The monoisotopic (exact) mass is 336 g/mol. The van der Waals surface area contributed by atoms with Gasteiger partial charge < -0.3 is 10.2 Å². The van der Waals surface area contributed by atoms with E-state index in [0.717, 1.165) is 19.6 Å². The number of para-hydroxylation sites is 1. The summed E-state index contributed by atoms with van der Waals surface area (Å²) < 4.78 is 1.20. The van der Waals surface area contributed by atoms with Crippen molar-refractivity contribution in [3.05, 3.63) is 50.6 Å². The standard InChI is InChI=1S/C15H17BrN2S/c1-11(14-6-7-15(16)19-14)18-9-8-17-10-12-4-2-3-5-13(12)18/h2-7,11,17H,8-10H2,1H3. The van der Waals surface area contributed by atoms with Crippen LogP contribution in [-0.2, 0) is 6.54 Å². The Hall–Kier alpha value is -0.840. The van der Waals surface area contributed by atoms with Gasteiger partial charge >= 0.3 is 0 Å². The van der Waals surface area contributed by atoms with E-state index >= 15 is 0 Å². The minimum Gasteiger partial charge on any atom is -0.362 e.